The Morgan fingerprint density at radius 2 is 1.81 bits per heavy atom. The van der Waals surface area contributed by atoms with E-state index in [0.29, 0.717) is 24.8 Å². The molecule has 0 aromatic carbocycles. The van der Waals surface area contributed by atoms with Crippen molar-refractivity contribution in [1.29, 1.82) is 0 Å². The third-order valence-corrected chi connectivity index (χ3v) is 5.75. The maximum atomic E-state index is 12.9. The van der Waals surface area contributed by atoms with Crippen LogP contribution in [0.15, 0.2) is 0 Å². The van der Waals surface area contributed by atoms with E-state index in [9.17, 15) is 9.59 Å². The van der Waals surface area contributed by atoms with Crippen molar-refractivity contribution in [2.45, 2.75) is 64.3 Å². The van der Waals surface area contributed by atoms with Crippen LogP contribution in [0.2, 0.25) is 0 Å². The zero-order valence-corrected chi connectivity index (χ0v) is 13.4. The summed E-state index contributed by atoms with van der Waals surface area (Å²) < 4.78 is 0. The maximum Gasteiger partial charge on any atom is 0.248 e. The topological polar surface area (TPSA) is 49.4 Å². The molecule has 3 rings (SSSR count). The van der Waals surface area contributed by atoms with Gasteiger partial charge in [-0.05, 0) is 50.4 Å². The highest BCUT2D eigenvalue weighted by atomic mass is 16.2. The van der Waals surface area contributed by atoms with E-state index >= 15 is 0 Å². The average Bonchev–Trinajstić information content (AvgIpc) is 3.29. The fourth-order valence-corrected chi connectivity index (χ4v) is 4.01. The van der Waals surface area contributed by atoms with Gasteiger partial charge in [0.25, 0.3) is 0 Å². The highest BCUT2D eigenvalue weighted by Gasteiger charge is 2.51. The van der Waals surface area contributed by atoms with Gasteiger partial charge in [-0.2, -0.15) is 0 Å². The predicted molar refractivity (Wildman–Crippen MR) is 81.6 cm³/mol. The molecule has 0 aromatic heterocycles. The largest absolute Gasteiger partial charge is 0.342 e. The highest BCUT2D eigenvalue weighted by Crippen LogP contribution is 2.41. The molecule has 1 unspecified atom stereocenters. The van der Waals surface area contributed by atoms with Crippen molar-refractivity contribution in [1.82, 2.24) is 10.2 Å². The molecule has 2 aliphatic carbocycles. The van der Waals surface area contributed by atoms with Gasteiger partial charge in [0.1, 0.15) is 5.54 Å². The summed E-state index contributed by atoms with van der Waals surface area (Å²) in [5, 5.41) is 3.01. The lowest BCUT2D eigenvalue weighted by Crippen LogP contribution is -2.57. The quantitative estimate of drug-likeness (QED) is 0.868. The minimum absolute atomic E-state index is 0.0394. The summed E-state index contributed by atoms with van der Waals surface area (Å²) in [6.45, 7) is 5.70. The van der Waals surface area contributed by atoms with E-state index in [1.807, 2.05) is 11.8 Å². The third kappa shape index (κ3) is 3.09. The predicted octanol–water partition coefficient (Wildman–Crippen LogP) is 2.33. The molecule has 0 spiro atoms. The first kappa shape index (κ1) is 14.9. The van der Waals surface area contributed by atoms with Crippen molar-refractivity contribution in [3.63, 3.8) is 0 Å². The van der Waals surface area contributed by atoms with Crippen LogP contribution in [0, 0.1) is 17.8 Å². The fraction of sp³-hybridized carbons (Fsp3) is 0.882. The molecule has 1 heterocycles. The molecule has 3 aliphatic rings. The van der Waals surface area contributed by atoms with Crippen LogP contribution in [-0.2, 0) is 9.59 Å². The Bertz CT molecular complexity index is 425. The van der Waals surface area contributed by atoms with Crippen molar-refractivity contribution < 1.29 is 9.59 Å². The second kappa shape index (κ2) is 5.62. The molecule has 2 amide bonds. The van der Waals surface area contributed by atoms with Gasteiger partial charge in [0.15, 0.2) is 0 Å². The molecule has 1 atom stereocenters. The van der Waals surface area contributed by atoms with E-state index in [1.54, 1.807) is 0 Å². The second-order valence-electron chi connectivity index (χ2n) is 7.65. The number of nitrogens with one attached hydrogen (secondary N) is 1. The summed E-state index contributed by atoms with van der Waals surface area (Å²) in [5.74, 6) is 2.01. The van der Waals surface area contributed by atoms with Gasteiger partial charge in [0, 0.05) is 19.5 Å². The first-order valence-corrected chi connectivity index (χ1v) is 8.59. The summed E-state index contributed by atoms with van der Waals surface area (Å²) in [6.07, 6.45) is 7.61. The average molecular weight is 292 g/mol. The van der Waals surface area contributed by atoms with Gasteiger partial charge in [0.2, 0.25) is 11.8 Å². The molecule has 4 heteroatoms. The lowest BCUT2D eigenvalue weighted by atomic mass is 9.82. The maximum absolute atomic E-state index is 12.9. The minimum atomic E-state index is -0.643. The molecule has 0 aromatic rings. The van der Waals surface area contributed by atoms with Gasteiger partial charge in [-0.25, -0.2) is 0 Å². The van der Waals surface area contributed by atoms with Crippen molar-refractivity contribution in [3.05, 3.63) is 0 Å². The van der Waals surface area contributed by atoms with E-state index in [-0.39, 0.29) is 11.8 Å². The lowest BCUT2D eigenvalue weighted by molar-refractivity contribution is -0.139. The molecule has 118 valence electrons. The van der Waals surface area contributed by atoms with Crippen LogP contribution in [0.1, 0.15) is 58.8 Å². The van der Waals surface area contributed by atoms with Crippen molar-refractivity contribution in [3.8, 4) is 0 Å². The van der Waals surface area contributed by atoms with Crippen LogP contribution in [0.4, 0.5) is 0 Å². The summed E-state index contributed by atoms with van der Waals surface area (Å²) in [7, 11) is 0. The third-order valence-electron chi connectivity index (χ3n) is 5.75. The van der Waals surface area contributed by atoms with Gasteiger partial charge in [-0.15, -0.1) is 0 Å². The van der Waals surface area contributed by atoms with Gasteiger partial charge in [0.05, 0.1) is 0 Å². The van der Waals surface area contributed by atoms with Crippen LogP contribution in [-0.4, -0.2) is 35.3 Å². The molecule has 1 N–H and O–H groups in total. The smallest absolute Gasteiger partial charge is 0.248 e. The molecule has 3 fully saturated rings. The van der Waals surface area contributed by atoms with Crippen molar-refractivity contribution in [2.24, 2.45) is 17.8 Å². The second-order valence-corrected chi connectivity index (χ2v) is 7.65. The Labute approximate surface area is 127 Å². The SMILES string of the molecule is CC1CCC(CN2CCC(=O)NC(C)(C3CC3)C2=O)CC1. The number of amides is 2. The van der Waals surface area contributed by atoms with Gasteiger partial charge in [-0.3, -0.25) is 9.59 Å². The molecule has 0 bridgehead atoms. The summed E-state index contributed by atoms with van der Waals surface area (Å²) in [5.41, 5.74) is -0.643. The Hall–Kier alpha value is -1.06. The molecular weight excluding hydrogens is 264 g/mol. The van der Waals surface area contributed by atoms with E-state index in [1.165, 1.54) is 25.7 Å². The van der Waals surface area contributed by atoms with E-state index in [0.717, 1.165) is 25.3 Å². The summed E-state index contributed by atoms with van der Waals surface area (Å²) >= 11 is 0. The van der Waals surface area contributed by atoms with E-state index in [4.69, 9.17) is 0 Å². The number of hydrogen-bond donors (Lipinski definition) is 1. The minimum Gasteiger partial charge on any atom is -0.342 e. The highest BCUT2D eigenvalue weighted by molar-refractivity contribution is 5.93. The van der Waals surface area contributed by atoms with Gasteiger partial charge in [-0.1, -0.05) is 19.8 Å². The molecule has 21 heavy (non-hydrogen) atoms. The number of carbonyl (C=O) groups is 2. The fourth-order valence-electron chi connectivity index (χ4n) is 4.01. The Morgan fingerprint density at radius 1 is 1.14 bits per heavy atom. The molecule has 1 aliphatic heterocycles. The lowest BCUT2D eigenvalue weighted by Gasteiger charge is -2.35. The summed E-state index contributed by atoms with van der Waals surface area (Å²) in [4.78, 5) is 26.9. The van der Waals surface area contributed by atoms with Gasteiger partial charge < -0.3 is 10.2 Å². The normalized spacial score (nSPS) is 38.1. The molecule has 4 nitrogen and oxygen atoms in total. The monoisotopic (exact) mass is 292 g/mol. The van der Waals surface area contributed by atoms with E-state index < -0.39 is 5.54 Å². The first-order valence-electron chi connectivity index (χ1n) is 8.59. The van der Waals surface area contributed by atoms with Crippen LogP contribution in [0.5, 0.6) is 0 Å². The Kier molecular flexibility index (Phi) is 3.98. The molecule has 0 radical (unpaired) electrons. The molecular formula is C17H28N2O2. The number of nitrogens with zero attached hydrogens (tertiary/aromatic N) is 1. The number of hydrogen-bond acceptors (Lipinski definition) is 2. The number of rotatable bonds is 3. The summed E-state index contributed by atoms with van der Waals surface area (Å²) in [6, 6.07) is 0. The Morgan fingerprint density at radius 3 is 2.43 bits per heavy atom. The zero-order chi connectivity index (χ0) is 15.0. The van der Waals surface area contributed by atoms with Crippen molar-refractivity contribution in [2.75, 3.05) is 13.1 Å². The molecule has 2 saturated carbocycles. The van der Waals surface area contributed by atoms with Crippen LogP contribution in [0.3, 0.4) is 0 Å². The molecule has 1 saturated heterocycles. The van der Waals surface area contributed by atoms with Crippen LogP contribution >= 0.6 is 0 Å². The standard InChI is InChI=1S/C17H28N2O2/c1-12-3-5-13(6-4-12)11-19-10-9-15(20)18-17(2,16(19)21)14-7-8-14/h12-14H,3-11H2,1-2H3,(H,18,20). The van der Waals surface area contributed by atoms with Crippen molar-refractivity contribution >= 4 is 11.8 Å². The van der Waals surface area contributed by atoms with Gasteiger partial charge >= 0.3 is 0 Å². The van der Waals surface area contributed by atoms with Crippen LogP contribution < -0.4 is 5.32 Å². The number of carbonyl (C=O) groups excluding carboxylic acids is 2. The Balaban J connectivity index is 1.68. The first-order chi connectivity index (χ1) is 9.99. The van der Waals surface area contributed by atoms with Crippen LogP contribution in [0.25, 0.3) is 0 Å². The van der Waals surface area contributed by atoms with E-state index in [2.05, 4.69) is 12.2 Å². The zero-order valence-electron chi connectivity index (χ0n) is 13.4.